The third-order valence-electron chi connectivity index (χ3n) is 4.62. The lowest BCUT2D eigenvalue weighted by Gasteiger charge is -2.21. The number of furan rings is 1. The molecule has 1 fully saturated rings. The fourth-order valence-corrected chi connectivity index (χ4v) is 3.54. The predicted molar refractivity (Wildman–Crippen MR) is 83.9 cm³/mol. The zero-order valence-corrected chi connectivity index (χ0v) is 12.7. The Balaban J connectivity index is 1.87. The van der Waals surface area contributed by atoms with E-state index in [1.54, 1.807) is 0 Å². The van der Waals surface area contributed by atoms with E-state index in [-0.39, 0.29) is 12.0 Å². The molecule has 1 aromatic heterocycles. The minimum absolute atomic E-state index is 0.141. The molecule has 3 unspecified atom stereocenters. The Morgan fingerprint density at radius 2 is 2.19 bits per heavy atom. The van der Waals surface area contributed by atoms with E-state index < -0.39 is 0 Å². The van der Waals surface area contributed by atoms with E-state index in [0.717, 1.165) is 37.0 Å². The van der Waals surface area contributed by atoms with Crippen molar-refractivity contribution in [3.8, 4) is 6.07 Å². The maximum absolute atomic E-state index is 9.22. The van der Waals surface area contributed by atoms with Crippen LogP contribution >= 0.6 is 0 Å². The average molecular weight is 282 g/mol. The molecule has 0 saturated heterocycles. The molecule has 1 saturated carbocycles. The highest BCUT2D eigenvalue weighted by Crippen LogP contribution is 2.33. The highest BCUT2D eigenvalue weighted by molar-refractivity contribution is 5.82. The Morgan fingerprint density at radius 1 is 1.38 bits per heavy atom. The van der Waals surface area contributed by atoms with Crippen molar-refractivity contribution in [3.05, 3.63) is 35.6 Å². The molecule has 110 valence electrons. The number of hydrogen-bond donors (Lipinski definition) is 1. The van der Waals surface area contributed by atoms with Gasteiger partial charge >= 0.3 is 0 Å². The summed E-state index contributed by atoms with van der Waals surface area (Å²) >= 11 is 0. The van der Waals surface area contributed by atoms with Crippen LogP contribution in [0.2, 0.25) is 0 Å². The largest absolute Gasteiger partial charge is 0.459 e. The van der Waals surface area contributed by atoms with Gasteiger partial charge in [0, 0.05) is 17.0 Å². The molecule has 1 heterocycles. The van der Waals surface area contributed by atoms with Crippen LogP contribution in [0.1, 0.15) is 50.5 Å². The van der Waals surface area contributed by atoms with Crippen LogP contribution in [-0.4, -0.2) is 6.04 Å². The molecule has 1 aromatic carbocycles. The van der Waals surface area contributed by atoms with Gasteiger partial charge in [0.2, 0.25) is 0 Å². The second-order valence-electron chi connectivity index (χ2n) is 5.96. The van der Waals surface area contributed by atoms with Gasteiger partial charge < -0.3 is 9.73 Å². The molecule has 3 rings (SSSR count). The number of para-hydroxylation sites is 1. The predicted octanol–water partition coefficient (Wildman–Crippen LogP) is 4.34. The van der Waals surface area contributed by atoms with Crippen molar-refractivity contribution in [2.75, 3.05) is 0 Å². The molecule has 2 aromatic rings. The van der Waals surface area contributed by atoms with Gasteiger partial charge in [0.05, 0.1) is 18.0 Å². The van der Waals surface area contributed by atoms with Gasteiger partial charge in [0.25, 0.3) is 0 Å². The van der Waals surface area contributed by atoms with Crippen LogP contribution in [0.3, 0.4) is 0 Å². The Morgan fingerprint density at radius 3 is 2.95 bits per heavy atom. The molecule has 0 amide bonds. The first-order valence-electron chi connectivity index (χ1n) is 7.90. The van der Waals surface area contributed by atoms with E-state index in [1.165, 1.54) is 10.9 Å². The molecule has 1 N–H and O–H groups in total. The van der Waals surface area contributed by atoms with E-state index >= 15 is 0 Å². The molecule has 3 atom stereocenters. The van der Waals surface area contributed by atoms with Crippen LogP contribution in [0.5, 0.6) is 0 Å². The molecule has 0 spiro atoms. The lowest BCUT2D eigenvalue weighted by molar-refractivity contribution is 0.373. The van der Waals surface area contributed by atoms with Gasteiger partial charge in [-0.15, -0.1) is 0 Å². The molecular formula is C18H22N2O. The average Bonchev–Trinajstić information content (AvgIpc) is 3.10. The maximum atomic E-state index is 9.22. The molecule has 3 heteroatoms. The summed E-state index contributed by atoms with van der Waals surface area (Å²) in [6, 6.07) is 11.1. The fraction of sp³-hybridized carbons (Fsp3) is 0.500. The lowest BCUT2D eigenvalue weighted by Crippen LogP contribution is -2.34. The van der Waals surface area contributed by atoms with Crippen molar-refractivity contribution in [1.29, 1.82) is 5.26 Å². The topological polar surface area (TPSA) is 49.0 Å². The smallest absolute Gasteiger partial charge is 0.134 e. The Bertz CT molecular complexity index is 667. The van der Waals surface area contributed by atoms with Crippen LogP contribution in [-0.2, 0) is 6.42 Å². The third kappa shape index (κ3) is 2.56. The van der Waals surface area contributed by atoms with Gasteiger partial charge in [-0.1, -0.05) is 31.5 Å². The summed E-state index contributed by atoms with van der Waals surface area (Å²) < 4.78 is 6.09. The second kappa shape index (κ2) is 5.91. The zero-order chi connectivity index (χ0) is 14.8. The molecule has 21 heavy (non-hydrogen) atoms. The van der Waals surface area contributed by atoms with E-state index in [9.17, 15) is 5.26 Å². The Labute approximate surface area is 125 Å². The summed E-state index contributed by atoms with van der Waals surface area (Å²) in [5, 5.41) is 14.1. The van der Waals surface area contributed by atoms with E-state index in [4.69, 9.17) is 4.42 Å². The number of nitriles is 1. The molecule has 1 aliphatic carbocycles. The van der Waals surface area contributed by atoms with Crippen molar-refractivity contribution in [1.82, 2.24) is 5.32 Å². The van der Waals surface area contributed by atoms with Gasteiger partial charge in [-0.05, 0) is 32.3 Å². The molecule has 0 radical (unpaired) electrons. The normalized spacial score (nSPS) is 23.3. The molecule has 0 bridgehead atoms. The SMILES string of the molecule is CCc1c(C(C)NC2CCCC2C#N)oc2ccccc12. The van der Waals surface area contributed by atoms with E-state index in [0.29, 0.717) is 6.04 Å². The van der Waals surface area contributed by atoms with Gasteiger partial charge in [0.15, 0.2) is 0 Å². The first kappa shape index (κ1) is 14.2. The number of fused-ring (bicyclic) bond motifs is 1. The van der Waals surface area contributed by atoms with Crippen molar-refractivity contribution < 1.29 is 4.42 Å². The van der Waals surface area contributed by atoms with E-state index in [2.05, 4.69) is 37.4 Å². The van der Waals surface area contributed by atoms with Crippen LogP contribution in [0.25, 0.3) is 11.0 Å². The van der Waals surface area contributed by atoms with Gasteiger partial charge in [0.1, 0.15) is 11.3 Å². The second-order valence-corrected chi connectivity index (χ2v) is 5.96. The minimum Gasteiger partial charge on any atom is -0.459 e. The van der Waals surface area contributed by atoms with Crippen molar-refractivity contribution in [3.63, 3.8) is 0 Å². The quantitative estimate of drug-likeness (QED) is 0.907. The van der Waals surface area contributed by atoms with Gasteiger partial charge in [-0.2, -0.15) is 5.26 Å². The maximum Gasteiger partial charge on any atom is 0.134 e. The van der Waals surface area contributed by atoms with Crippen molar-refractivity contribution >= 4 is 11.0 Å². The Kier molecular flexibility index (Phi) is 3.98. The zero-order valence-electron chi connectivity index (χ0n) is 12.7. The molecular weight excluding hydrogens is 260 g/mol. The number of benzene rings is 1. The van der Waals surface area contributed by atoms with Gasteiger partial charge in [-0.25, -0.2) is 0 Å². The highest BCUT2D eigenvalue weighted by Gasteiger charge is 2.29. The highest BCUT2D eigenvalue weighted by atomic mass is 16.3. The first-order valence-corrected chi connectivity index (χ1v) is 7.90. The molecule has 1 aliphatic rings. The minimum atomic E-state index is 0.141. The van der Waals surface area contributed by atoms with Crippen LogP contribution in [0.15, 0.2) is 28.7 Å². The Hall–Kier alpha value is -1.79. The molecule has 0 aliphatic heterocycles. The monoisotopic (exact) mass is 282 g/mol. The van der Waals surface area contributed by atoms with Gasteiger partial charge in [-0.3, -0.25) is 0 Å². The van der Waals surface area contributed by atoms with Crippen LogP contribution < -0.4 is 5.32 Å². The standard InChI is InChI=1S/C18H22N2O/c1-3-14-15-8-4-5-10-17(15)21-18(14)12(2)20-16-9-6-7-13(16)11-19/h4-5,8,10,12-13,16,20H,3,6-7,9H2,1-2H3. The third-order valence-corrected chi connectivity index (χ3v) is 4.62. The summed E-state index contributed by atoms with van der Waals surface area (Å²) in [5.41, 5.74) is 2.25. The number of nitrogens with one attached hydrogen (secondary N) is 1. The number of rotatable bonds is 4. The summed E-state index contributed by atoms with van der Waals surface area (Å²) in [4.78, 5) is 0. The van der Waals surface area contributed by atoms with Crippen LogP contribution in [0, 0.1) is 17.2 Å². The fourth-order valence-electron chi connectivity index (χ4n) is 3.54. The summed E-state index contributed by atoms with van der Waals surface area (Å²) in [7, 11) is 0. The molecule has 3 nitrogen and oxygen atoms in total. The summed E-state index contributed by atoms with van der Waals surface area (Å²) in [6.45, 7) is 4.31. The summed E-state index contributed by atoms with van der Waals surface area (Å²) in [6.07, 6.45) is 4.21. The summed E-state index contributed by atoms with van der Waals surface area (Å²) in [5.74, 6) is 1.17. The number of hydrogen-bond acceptors (Lipinski definition) is 3. The first-order chi connectivity index (χ1) is 10.2. The number of aryl methyl sites for hydroxylation is 1. The number of nitrogens with zero attached hydrogens (tertiary/aromatic N) is 1. The van der Waals surface area contributed by atoms with Crippen molar-refractivity contribution in [2.24, 2.45) is 5.92 Å². The van der Waals surface area contributed by atoms with E-state index in [1.807, 2.05) is 12.1 Å². The van der Waals surface area contributed by atoms with Crippen LogP contribution in [0.4, 0.5) is 0 Å². The van der Waals surface area contributed by atoms with Crippen molar-refractivity contribution in [2.45, 2.75) is 51.6 Å². The lowest BCUT2D eigenvalue weighted by atomic mass is 10.0.